The number of rotatable bonds is 4. The molecule has 3 heteroatoms. The third kappa shape index (κ3) is 2.27. The third-order valence-electron chi connectivity index (χ3n) is 4.49. The van der Waals surface area contributed by atoms with Gasteiger partial charge < -0.3 is 10.0 Å². The Balaban J connectivity index is 1.66. The molecule has 1 aromatic carbocycles. The van der Waals surface area contributed by atoms with Gasteiger partial charge in [-0.05, 0) is 30.7 Å². The Kier molecular flexibility index (Phi) is 3.09. The van der Waals surface area contributed by atoms with E-state index in [9.17, 15) is 9.90 Å². The van der Waals surface area contributed by atoms with Gasteiger partial charge in [0.25, 0.3) is 0 Å². The number of β-amino-alcohol motifs (C(OH)–C–C–N with tert-alkyl or cyclic N) is 1. The summed E-state index contributed by atoms with van der Waals surface area (Å²) < 4.78 is 0. The maximum absolute atomic E-state index is 12.5. The average Bonchev–Trinajstić information content (AvgIpc) is 3.21. The van der Waals surface area contributed by atoms with Gasteiger partial charge in [0.15, 0.2) is 0 Å². The van der Waals surface area contributed by atoms with Crippen LogP contribution in [0, 0.1) is 5.92 Å². The van der Waals surface area contributed by atoms with E-state index < -0.39 is 5.60 Å². The minimum atomic E-state index is -0.579. The first-order valence-electron chi connectivity index (χ1n) is 7.20. The van der Waals surface area contributed by atoms with Crippen molar-refractivity contribution in [1.29, 1.82) is 0 Å². The van der Waals surface area contributed by atoms with Crippen molar-refractivity contribution in [2.24, 2.45) is 5.92 Å². The zero-order chi connectivity index (χ0) is 13.5. The standard InChI is InChI=1S/C16H21NO2/c1-2-14(12-6-4-3-5-7-12)15(18)17-10-16(19,11-17)13-8-9-13/h3-7,13-14,19H,2,8-11H2,1H3. The van der Waals surface area contributed by atoms with Gasteiger partial charge in [0, 0.05) is 0 Å². The first-order chi connectivity index (χ1) is 9.14. The number of hydrogen-bond acceptors (Lipinski definition) is 2. The number of benzene rings is 1. The van der Waals surface area contributed by atoms with Crippen LogP contribution >= 0.6 is 0 Å². The Morgan fingerprint density at radius 2 is 2.00 bits per heavy atom. The molecule has 0 spiro atoms. The molecule has 2 fully saturated rings. The van der Waals surface area contributed by atoms with Crippen molar-refractivity contribution in [3.8, 4) is 0 Å². The fraction of sp³-hybridized carbons (Fsp3) is 0.562. The molecular formula is C16H21NO2. The second-order valence-corrected chi connectivity index (χ2v) is 5.94. The zero-order valence-corrected chi connectivity index (χ0v) is 11.4. The lowest BCUT2D eigenvalue weighted by atomic mass is 9.86. The Labute approximate surface area is 114 Å². The average molecular weight is 259 g/mol. The molecule has 1 saturated carbocycles. The van der Waals surface area contributed by atoms with E-state index in [0.717, 1.165) is 24.8 Å². The molecule has 1 N–H and O–H groups in total. The van der Waals surface area contributed by atoms with E-state index in [0.29, 0.717) is 19.0 Å². The summed E-state index contributed by atoms with van der Waals surface area (Å²) in [5, 5.41) is 10.3. The Bertz CT molecular complexity index is 461. The molecule has 0 aromatic heterocycles. The largest absolute Gasteiger partial charge is 0.386 e. The molecule has 1 saturated heterocycles. The van der Waals surface area contributed by atoms with Crippen LogP contribution in [0.15, 0.2) is 30.3 Å². The van der Waals surface area contributed by atoms with Crippen molar-refractivity contribution in [2.45, 2.75) is 37.7 Å². The molecule has 19 heavy (non-hydrogen) atoms. The van der Waals surface area contributed by atoms with E-state index in [4.69, 9.17) is 0 Å². The van der Waals surface area contributed by atoms with Crippen LogP contribution in [0.4, 0.5) is 0 Å². The topological polar surface area (TPSA) is 40.5 Å². The molecule has 0 radical (unpaired) electrons. The summed E-state index contributed by atoms with van der Waals surface area (Å²) >= 11 is 0. The van der Waals surface area contributed by atoms with Gasteiger partial charge in [0.1, 0.15) is 5.60 Å². The molecule has 1 aliphatic carbocycles. The lowest BCUT2D eigenvalue weighted by molar-refractivity contribution is -0.160. The number of carbonyl (C=O) groups is 1. The molecule has 1 aromatic rings. The summed E-state index contributed by atoms with van der Waals surface area (Å²) in [5.74, 6) is 0.539. The summed E-state index contributed by atoms with van der Waals surface area (Å²) in [4.78, 5) is 14.3. The molecule has 3 rings (SSSR count). The smallest absolute Gasteiger partial charge is 0.230 e. The fourth-order valence-electron chi connectivity index (χ4n) is 3.11. The fourth-order valence-corrected chi connectivity index (χ4v) is 3.11. The van der Waals surface area contributed by atoms with E-state index in [1.54, 1.807) is 0 Å². The molecule has 1 amide bonds. The lowest BCUT2D eigenvalue weighted by Gasteiger charge is -2.48. The number of carbonyl (C=O) groups excluding carboxylic acids is 1. The molecule has 3 nitrogen and oxygen atoms in total. The van der Waals surface area contributed by atoms with Crippen LogP contribution in [0.25, 0.3) is 0 Å². The summed E-state index contributed by atoms with van der Waals surface area (Å²) in [7, 11) is 0. The summed E-state index contributed by atoms with van der Waals surface area (Å²) in [6.07, 6.45) is 3.05. The number of nitrogens with zero attached hydrogens (tertiary/aromatic N) is 1. The van der Waals surface area contributed by atoms with Gasteiger partial charge in [-0.25, -0.2) is 0 Å². The van der Waals surface area contributed by atoms with Crippen molar-refractivity contribution in [3.63, 3.8) is 0 Å². The monoisotopic (exact) mass is 259 g/mol. The molecule has 1 unspecified atom stereocenters. The molecule has 2 aliphatic rings. The predicted octanol–water partition coefficient (Wildman–Crippen LogP) is 2.16. The zero-order valence-electron chi connectivity index (χ0n) is 11.4. The number of likely N-dealkylation sites (tertiary alicyclic amines) is 1. The van der Waals surface area contributed by atoms with E-state index >= 15 is 0 Å². The van der Waals surface area contributed by atoms with Crippen LogP contribution in [0.1, 0.15) is 37.7 Å². The van der Waals surface area contributed by atoms with Gasteiger partial charge in [-0.15, -0.1) is 0 Å². The molecular weight excluding hydrogens is 238 g/mol. The summed E-state index contributed by atoms with van der Waals surface area (Å²) in [6.45, 7) is 3.10. The van der Waals surface area contributed by atoms with Gasteiger partial charge >= 0.3 is 0 Å². The van der Waals surface area contributed by atoms with Crippen LogP contribution in [0.3, 0.4) is 0 Å². The number of aliphatic hydroxyl groups is 1. The highest BCUT2D eigenvalue weighted by molar-refractivity contribution is 5.84. The van der Waals surface area contributed by atoms with Crippen molar-refractivity contribution < 1.29 is 9.90 Å². The normalized spacial score (nSPS) is 22.7. The third-order valence-corrected chi connectivity index (χ3v) is 4.49. The van der Waals surface area contributed by atoms with Crippen molar-refractivity contribution in [2.75, 3.05) is 13.1 Å². The van der Waals surface area contributed by atoms with Gasteiger partial charge in [0.05, 0.1) is 19.0 Å². The molecule has 0 bridgehead atoms. The van der Waals surface area contributed by atoms with Gasteiger partial charge in [0.2, 0.25) is 5.91 Å². The van der Waals surface area contributed by atoms with Gasteiger partial charge in [-0.1, -0.05) is 37.3 Å². The number of amides is 1. The molecule has 102 valence electrons. The van der Waals surface area contributed by atoms with E-state index in [1.807, 2.05) is 42.2 Å². The van der Waals surface area contributed by atoms with Crippen molar-refractivity contribution in [3.05, 3.63) is 35.9 Å². The maximum atomic E-state index is 12.5. The minimum absolute atomic E-state index is 0.0649. The second kappa shape index (κ2) is 4.64. The first-order valence-corrected chi connectivity index (χ1v) is 7.20. The Morgan fingerprint density at radius 3 is 2.53 bits per heavy atom. The Hall–Kier alpha value is -1.35. The maximum Gasteiger partial charge on any atom is 0.230 e. The lowest BCUT2D eigenvalue weighted by Crippen LogP contribution is -2.65. The van der Waals surface area contributed by atoms with E-state index in [2.05, 4.69) is 0 Å². The van der Waals surface area contributed by atoms with Gasteiger partial charge in [-0.3, -0.25) is 4.79 Å². The van der Waals surface area contributed by atoms with Crippen LogP contribution < -0.4 is 0 Å². The highest BCUT2D eigenvalue weighted by Gasteiger charge is 2.53. The van der Waals surface area contributed by atoms with Crippen molar-refractivity contribution >= 4 is 5.91 Å². The van der Waals surface area contributed by atoms with Crippen LogP contribution in [0.2, 0.25) is 0 Å². The van der Waals surface area contributed by atoms with Crippen LogP contribution in [0.5, 0.6) is 0 Å². The first kappa shape index (κ1) is 12.7. The van der Waals surface area contributed by atoms with Crippen molar-refractivity contribution in [1.82, 2.24) is 4.90 Å². The quantitative estimate of drug-likeness (QED) is 0.900. The highest BCUT2D eigenvalue weighted by Crippen LogP contribution is 2.45. The molecule has 1 heterocycles. The number of hydrogen-bond donors (Lipinski definition) is 1. The van der Waals surface area contributed by atoms with Crippen LogP contribution in [-0.2, 0) is 4.79 Å². The summed E-state index contributed by atoms with van der Waals surface area (Å²) in [5.41, 5.74) is 0.502. The van der Waals surface area contributed by atoms with Gasteiger partial charge in [-0.2, -0.15) is 0 Å². The van der Waals surface area contributed by atoms with E-state index in [1.165, 1.54) is 0 Å². The predicted molar refractivity (Wildman–Crippen MR) is 73.7 cm³/mol. The second-order valence-electron chi connectivity index (χ2n) is 5.94. The highest BCUT2D eigenvalue weighted by atomic mass is 16.3. The summed E-state index contributed by atoms with van der Waals surface area (Å²) in [6, 6.07) is 9.94. The molecule has 1 atom stereocenters. The molecule has 1 aliphatic heterocycles. The Morgan fingerprint density at radius 1 is 1.37 bits per heavy atom. The van der Waals surface area contributed by atoms with E-state index in [-0.39, 0.29) is 11.8 Å². The SMILES string of the molecule is CCC(C(=O)N1CC(O)(C2CC2)C1)c1ccccc1. The minimum Gasteiger partial charge on any atom is -0.386 e. The van der Waals surface area contributed by atoms with Crippen LogP contribution in [-0.4, -0.2) is 34.6 Å².